The van der Waals surface area contributed by atoms with Crippen molar-refractivity contribution in [2.45, 2.75) is 31.7 Å². The second-order valence-corrected chi connectivity index (χ2v) is 5.82. The lowest BCUT2D eigenvalue weighted by Gasteiger charge is -2.34. The number of hydrogen-bond donors (Lipinski definition) is 2. The molecule has 0 saturated carbocycles. The summed E-state index contributed by atoms with van der Waals surface area (Å²) in [5, 5.41) is 12.0. The van der Waals surface area contributed by atoms with E-state index in [0.717, 1.165) is 11.3 Å². The number of urea groups is 1. The van der Waals surface area contributed by atoms with Gasteiger partial charge in [-0.1, -0.05) is 12.1 Å². The maximum absolute atomic E-state index is 12.5. The fraction of sp³-hybridized carbons (Fsp3) is 0.562. The average molecular weight is 346 g/mol. The smallest absolute Gasteiger partial charge is 0.414 e. The van der Waals surface area contributed by atoms with E-state index in [0.29, 0.717) is 6.54 Å². The standard InChI is InChI=1S/C16H21F3N2O3/c1-24-13-4-2-11(3-5-13)10-20-15(23)21-8-6-12(7-9-21)14(22)16(17,18)19/h2-5,12,14,22H,6-10H2,1H3,(H,20,23). The first-order valence-electron chi connectivity index (χ1n) is 7.71. The maximum atomic E-state index is 12.5. The number of alkyl halides is 3. The summed E-state index contributed by atoms with van der Waals surface area (Å²) < 4.78 is 42.5. The lowest BCUT2D eigenvalue weighted by Crippen LogP contribution is -2.48. The third-order valence-electron chi connectivity index (χ3n) is 4.21. The maximum Gasteiger partial charge on any atom is 0.414 e. The third-order valence-corrected chi connectivity index (χ3v) is 4.21. The highest BCUT2D eigenvalue weighted by atomic mass is 19.4. The van der Waals surface area contributed by atoms with E-state index < -0.39 is 18.2 Å². The predicted molar refractivity (Wildman–Crippen MR) is 81.6 cm³/mol. The first-order valence-corrected chi connectivity index (χ1v) is 7.71. The minimum atomic E-state index is -4.61. The summed E-state index contributed by atoms with van der Waals surface area (Å²) in [6, 6.07) is 6.90. The largest absolute Gasteiger partial charge is 0.497 e. The van der Waals surface area contributed by atoms with Crippen LogP contribution < -0.4 is 10.1 Å². The van der Waals surface area contributed by atoms with Crippen molar-refractivity contribution in [2.24, 2.45) is 5.92 Å². The average Bonchev–Trinajstić information content (AvgIpc) is 2.58. The number of methoxy groups -OCH3 is 1. The number of piperidine rings is 1. The quantitative estimate of drug-likeness (QED) is 0.881. The van der Waals surface area contributed by atoms with Gasteiger partial charge in [0.2, 0.25) is 0 Å². The number of carbonyl (C=O) groups is 1. The van der Waals surface area contributed by atoms with Crippen LogP contribution in [-0.2, 0) is 6.54 Å². The number of rotatable bonds is 4. The van der Waals surface area contributed by atoms with Crippen molar-refractivity contribution in [1.29, 1.82) is 0 Å². The number of hydrogen-bond acceptors (Lipinski definition) is 3. The number of aliphatic hydroxyl groups is 1. The molecule has 1 aliphatic heterocycles. The second-order valence-electron chi connectivity index (χ2n) is 5.82. The van der Waals surface area contributed by atoms with Crippen molar-refractivity contribution < 1.29 is 27.8 Å². The van der Waals surface area contributed by atoms with Crippen molar-refractivity contribution in [1.82, 2.24) is 10.2 Å². The van der Waals surface area contributed by atoms with Crippen molar-refractivity contribution in [3.63, 3.8) is 0 Å². The van der Waals surface area contributed by atoms with E-state index in [1.807, 2.05) is 12.1 Å². The number of ether oxygens (including phenoxy) is 1. The van der Waals surface area contributed by atoms with Crippen LogP contribution in [0.1, 0.15) is 18.4 Å². The van der Waals surface area contributed by atoms with Gasteiger partial charge in [-0.25, -0.2) is 4.79 Å². The fourth-order valence-electron chi connectivity index (χ4n) is 2.72. The molecule has 0 bridgehead atoms. The molecule has 1 aromatic rings. The van der Waals surface area contributed by atoms with Gasteiger partial charge in [0.05, 0.1) is 7.11 Å². The molecule has 1 unspecified atom stereocenters. The Hall–Kier alpha value is -1.96. The number of likely N-dealkylation sites (tertiary alicyclic amines) is 1. The first-order chi connectivity index (χ1) is 11.3. The van der Waals surface area contributed by atoms with E-state index >= 15 is 0 Å². The minimum Gasteiger partial charge on any atom is -0.497 e. The third kappa shape index (κ3) is 4.77. The van der Waals surface area contributed by atoms with E-state index in [4.69, 9.17) is 4.74 Å². The Balaban J connectivity index is 1.78. The van der Waals surface area contributed by atoms with Crippen molar-refractivity contribution in [3.05, 3.63) is 29.8 Å². The van der Waals surface area contributed by atoms with E-state index in [-0.39, 0.29) is 32.0 Å². The van der Waals surface area contributed by atoms with Crippen LogP contribution in [0.15, 0.2) is 24.3 Å². The van der Waals surface area contributed by atoms with Gasteiger partial charge in [0, 0.05) is 19.6 Å². The Morgan fingerprint density at radius 3 is 2.42 bits per heavy atom. The number of aliphatic hydroxyl groups excluding tert-OH is 1. The monoisotopic (exact) mass is 346 g/mol. The van der Waals surface area contributed by atoms with Crippen LogP contribution in [0, 0.1) is 5.92 Å². The molecule has 2 rings (SSSR count). The Labute approximate surface area is 138 Å². The van der Waals surface area contributed by atoms with Crippen LogP contribution in [-0.4, -0.2) is 48.5 Å². The molecule has 134 valence electrons. The highest BCUT2D eigenvalue weighted by Gasteiger charge is 2.44. The topological polar surface area (TPSA) is 61.8 Å². The molecule has 5 nitrogen and oxygen atoms in total. The summed E-state index contributed by atoms with van der Waals surface area (Å²) in [6.07, 6.45) is -6.65. The number of nitrogens with zero attached hydrogens (tertiary/aromatic N) is 1. The van der Waals surface area contributed by atoms with Gasteiger partial charge in [-0.3, -0.25) is 0 Å². The molecule has 8 heteroatoms. The van der Waals surface area contributed by atoms with E-state index in [9.17, 15) is 23.1 Å². The molecule has 1 saturated heterocycles. The summed E-state index contributed by atoms with van der Waals surface area (Å²) in [5.74, 6) is -0.133. The molecule has 1 aromatic carbocycles. The lowest BCUT2D eigenvalue weighted by atomic mass is 9.91. The summed E-state index contributed by atoms with van der Waals surface area (Å²) in [6.45, 7) is 0.729. The summed E-state index contributed by atoms with van der Waals surface area (Å²) in [4.78, 5) is 13.5. The highest BCUT2D eigenvalue weighted by molar-refractivity contribution is 5.74. The molecule has 1 fully saturated rings. The van der Waals surface area contributed by atoms with Gasteiger partial charge in [0.1, 0.15) is 5.75 Å². The first kappa shape index (κ1) is 18.4. The van der Waals surface area contributed by atoms with Gasteiger partial charge in [0.25, 0.3) is 0 Å². The second kappa shape index (κ2) is 7.74. The summed E-state index contributed by atoms with van der Waals surface area (Å²) in [7, 11) is 1.57. The van der Waals surface area contributed by atoms with Gasteiger partial charge < -0.3 is 20.1 Å². The molecular weight excluding hydrogens is 325 g/mol. The van der Waals surface area contributed by atoms with Crippen LogP contribution in [0.25, 0.3) is 0 Å². The van der Waals surface area contributed by atoms with Crippen LogP contribution in [0.3, 0.4) is 0 Å². The minimum absolute atomic E-state index is 0.136. The fourth-order valence-corrected chi connectivity index (χ4v) is 2.72. The summed E-state index contributed by atoms with van der Waals surface area (Å²) in [5.41, 5.74) is 0.895. The Kier molecular flexibility index (Phi) is 5.93. The molecule has 0 spiro atoms. The van der Waals surface area contributed by atoms with Crippen LogP contribution in [0.5, 0.6) is 5.75 Å². The van der Waals surface area contributed by atoms with Crippen LogP contribution in [0.2, 0.25) is 0 Å². The van der Waals surface area contributed by atoms with Gasteiger partial charge in [-0.15, -0.1) is 0 Å². The van der Waals surface area contributed by atoms with Gasteiger partial charge in [0.15, 0.2) is 6.10 Å². The highest BCUT2D eigenvalue weighted by Crippen LogP contribution is 2.31. The number of halogens is 3. The number of nitrogens with one attached hydrogen (secondary N) is 1. The van der Waals surface area contributed by atoms with Crippen molar-refractivity contribution >= 4 is 6.03 Å². The Bertz CT molecular complexity index is 540. The van der Waals surface area contributed by atoms with Crippen LogP contribution >= 0.6 is 0 Å². The number of carbonyl (C=O) groups excluding carboxylic acids is 1. The molecule has 2 amide bonds. The normalized spacial score (nSPS) is 17.5. The van der Waals surface area contributed by atoms with Gasteiger partial charge in [-0.05, 0) is 36.5 Å². The van der Waals surface area contributed by atoms with Gasteiger partial charge in [-0.2, -0.15) is 13.2 Å². The molecule has 24 heavy (non-hydrogen) atoms. The van der Waals surface area contributed by atoms with E-state index in [1.165, 1.54) is 4.90 Å². The van der Waals surface area contributed by atoms with Crippen LogP contribution in [0.4, 0.5) is 18.0 Å². The van der Waals surface area contributed by atoms with E-state index in [2.05, 4.69) is 5.32 Å². The lowest BCUT2D eigenvalue weighted by molar-refractivity contribution is -0.222. The molecule has 1 atom stereocenters. The zero-order chi connectivity index (χ0) is 17.7. The number of benzene rings is 1. The molecule has 2 N–H and O–H groups in total. The zero-order valence-corrected chi connectivity index (χ0v) is 13.3. The molecule has 0 radical (unpaired) electrons. The van der Waals surface area contributed by atoms with Crippen molar-refractivity contribution in [3.8, 4) is 5.75 Å². The molecule has 0 aromatic heterocycles. The van der Waals surface area contributed by atoms with Gasteiger partial charge >= 0.3 is 12.2 Å². The van der Waals surface area contributed by atoms with Crippen molar-refractivity contribution in [2.75, 3.05) is 20.2 Å². The SMILES string of the molecule is COc1ccc(CNC(=O)N2CCC(C(O)C(F)(F)F)CC2)cc1. The van der Waals surface area contributed by atoms with E-state index in [1.54, 1.807) is 19.2 Å². The molecule has 0 aliphatic carbocycles. The zero-order valence-electron chi connectivity index (χ0n) is 13.3. The molecular formula is C16H21F3N2O3. The molecule has 1 aliphatic rings. The predicted octanol–water partition coefficient (Wildman–Crippen LogP) is 2.54. The summed E-state index contributed by atoms with van der Waals surface area (Å²) >= 11 is 0. The number of amides is 2. The Morgan fingerprint density at radius 1 is 1.33 bits per heavy atom. The Morgan fingerprint density at radius 2 is 1.92 bits per heavy atom. The molecule has 1 heterocycles.